The zero-order valence-electron chi connectivity index (χ0n) is 16.2. The van der Waals surface area contributed by atoms with E-state index in [0.717, 1.165) is 7.11 Å². The fourth-order valence-corrected chi connectivity index (χ4v) is 5.28. The van der Waals surface area contributed by atoms with E-state index >= 15 is 0 Å². The topological polar surface area (TPSA) is 167 Å². The fraction of sp³-hybridized carbons (Fsp3) is 0.381. The third-order valence-corrected chi connectivity index (χ3v) is 6.65. The van der Waals surface area contributed by atoms with Crippen LogP contribution in [0.4, 0.5) is 0 Å². The van der Waals surface area contributed by atoms with Crippen LogP contribution in [0.3, 0.4) is 0 Å². The molecule has 1 saturated carbocycles. The van der Waals surface area contributed by atoms with Crippen molar-refractivity contribution in [1.82, 2.24) is 0 Å². The standard InChI is InChI=1S/C21H21NO8/c1-7-8-4-3-5-10(23)13(8)17(26)15-12(7)16(25)9-6-11(24)14(20(22)29)18(27)21(9,30-2)19(15)28/h3-5,7,9,12,16,23,25-27H,6H2,1-2H3,(H2,22,29)/t7-,9+,12+,16+,21+/m0/s1. The number of fused-ring (bicyclic) bond motifs is 3. The summed E-state index contributed by atoms with van der Waals surface area (Å²) in [6.45, 7) is 1.72. The molecule has 1 aromatic carbocycles. The van der Waals surface area contributed by atoms with Crippen molar-refractivity contribution in [2.45, 2.75) is 31.0 Å². The number of hydrogen-bond donors (Lipinski definition) is 5. The summed E-state index contributed by atoms with van der Waals surface area (Å²) in [7, 11) is 1.10. The number of primary amides is 1. The van der Waals surface area contributed by atoms with Gasteiger partial charge in [0.25, 0.3) is 5.91 Å². The lowest BCUT2D eigenvalue weighted by Crippen LogP contribution is -2.64. The number of carbonyl (C=O) groups excluding carboxylic acids is 3. The van der Waals surface area contributed by atoms with Crippen LogP contribution >= 0.6 is 0 Å². The molecule has 9 heteroatoms. The Balaban J connectivity index is 2.05. The molecule has 1 aromatic rings. The highest BCUT2D eigenvalue weighted by molar-refractivity contribution is 6.23. The number of ketones is 2. The number of carbonyl (C=O) groups is 3. The Morgan fingerprint density at radius 2 is 1.90 bits per heavy atom. The molecule has 0 spiro atoms. The van der Waals surface area contributed by atoms with Crippen molar-refractivity contribution < 1.29 is 39.5 Å². The third-order valence-electron chi connectivity index (χ3n) is 6.65. The molecule has 5 atom stereocenters. The van der Waals surface area contributed by atoms with Crippen LogP contribution in [0.5, 0.6) is 5.75 Å². The molecule has 0 saturated heterocycles. The molecule has 9 nitrogen and oxygen atoms in total. The summed E-state index contributed by atoms with van der Waals surface area (Å²) in [5, 5.41) is 43.2. The minimum atomic E-state index is -2.26. The number of hydrogen-bond acceptors (Lipinski definition) is 8. The highest BCUT2D eigenvalue weighted by Crippen LogP contribution is 2.56. The third kappa shape index (κ3) is 2.21. The van der Waals surface area contributed by atoms with Gasteiger partial charge in [-0.3, -0.25) is 14.4 Å². The monoisotopic (exact) mass is 415 g/mol. The van der Waals surface area contributed by atoms with Gasteiger partial charge in [0, 0.05) is 30.9 Å². The molecule has 1 fully saturated rings. The molecule has 4 rings (SSSR count). The van der Waals surface area contributed by atoms with Gasteiger partial charge in [0.15, 0.2) is 11.4 Å². The molecule has 158 valence electrons. The Labute approximate surface area is 171 Å². The van der Waals surface area contributed by atoms with Gasteiger partial charge in [-0.15, -0.1) is 0 Å². The first-order valence-corrected chi connectivity index (χ1v) is 9.39. The molecule has 0 aliphatic heterocycles. The minimum Gasteiger partial charge on any atom is -0.508 e. The van der Waals surface area contributed by atoms with Gasteiger partial charge in [0.1, 0.15) is 22.8 Å². The Morgan fingerprint density at radius 3 is 2.50 bits per heavy atom. The van der Waals surface area contributed by atoms with Gasteiger partial charge in [-0.1, -0.05) is 19.1 Å². The van der Waals surface area contributed by atoms with Gasteiger partial charge in [-0.25, -0.2) is 0 Å². The summed E-state index contributed by atoms with van der Waals surface area (Å²) in [5.74, 6) is -7.33. The summed E-state index contributed by atoms with van der Waals surface area (Å²) < 4.78 is 5.37. The predicted molar refractivity (Wildman–Crippen MR) is 102 cm³/mol. The van der Waals surface area contributed by atoms with Gasteiger partial charge >= 0.3 is 0 Å². The summed E-state index contributed by atoms with van der Waals surface area (Å²) in [6, 6.07) is 4.59. The number of phenolic OH excluding ortho intramolecular Hbond substituents is 1. The molecule has 0 unspecified atom stereocenters. The quantitative estimate of drug-likeness (QED) is 0.438. The zero-order chi connectivity index (χ0) is 22.1. The fourth-order valence-electron chi connectivity index (χ4n) is 5.28. The Hall–Kier alpha value is -3.17. The largest absolute Gasteiger partial charge is 0.508 e. The van der Waals surface area contributed by atoms with Crippen LogP contribution in [0.1, 0.15) is 30.4 Å². The lowest BCUT2D eigenvalue weighted by molar-refractivity contribution is -0.167. The van der Waals surface area contributed by atoms with Gasteiger partial charge in [0.2, 0.25) is 5.78 Å². The van der Waals surface area contributed by atoms with Crippen LogP contribution in [-0.2, 0) is 19.1 Å². The predicted octanol–water partition coefficient (Wildman–Crippen LogP) is 0.610. The van der Waals surface area contributed by atoms with Crippen LogP contribution in [0.25, 0.3) is 5.76 Å². The van der Waals surface area contributed by atoms with Crippen molar-refractivity contribution in [1.29, 1.82) is 0 Å². The summed E-state index contributed by atoms with van der Waals surface area (Å²) in [5.41, 5.74) is 2.53. The first-order chi connectivity index (χ1) is 14.1. The van der Waals surface area contributed by atoms with E-state index in [4.69, 9.17) is 10.5 Å². The van der Waals surface area contributed by atoms with Crippen molar-refractivity contribution in [3.63, 3.8) is 0 Å². The molecular formula is C21H21NO8. The zero-order valence-corrected chi connectivity index (χ0v) is 16.2. The number of aliphatic hydroxyl groups excluding tert-OH is 3. The number of methoxy groups -OCH3 is 1. The van der Waals surface area contributed by atoms with Gasteiger partial charge in [-0.2, -0.15) is 0 Å². The number of nitrogens with two attached hydrogens (primary N) is 1. The Morgan fingerprint density at radius 1 is 1.23 bits per heavy atom. The van der Waals surface area contributed by atoms with Crippen LogP contribution in [0.15, 0.2) is 35.1 Å². The number of aliphatic hydroxyl groups is 3. The summed E-state index contributed by atoms with van der Waals surface area (Å²) in [6.07, 6.45) is -1.83. The van der Waals surface area contributed by atoms with Gasteiger partial charge < -0.3 is 30.9 Å². The molecule has 0 heterocycles. The second-order valence-electron chi connectivity index (χ2n) is 7.90. The van der Waals surface area contributed by atoms with Crippen LogP contribution in [0, 0.1) is 11.8 Å². The molecule has 0 aromatic heterocycles. The molecule has 0 radical (unpaired) electrons. The lowest BCUT2D eigenvalue weighted by atomic mass is 9.55. The van der Waals surface area contributed by atoms with Crippen LogP contribution < -0.4 is 5.73 Å². The maximum atomic E-state index is 13.7. The van der Waals surface area contributed by atoms with E-state index in [2.05, 4.69) is 0 Å². The van der Waals surface area contributed by atoms with E-state index in [9.17, 15) is 34.8 Å². The van der Waals surface area contributed by atoms with Crippen molar-refractivity contribution in [3.8, 4) is 5.75 Å². The second kappa shape index (κ2) is 6.41. The molecule has 0 bridgehead atoms. The lowest BCUT2D eigenvalue weighted by Gasteiger charge is -2.51. The maximum absolute atomic E-state index is 13.7. The van der Waals surface area contributed by atoms with Crippen LogP contribution in [-0.4, -0.2) is 56.7 Å². The highest BCUT2D eigenvalue weighted by Gasteiger charge is 2.66. The van der Waals surface area contributed by atoms with Crippen molar-refractivity contribution in [2.24, 2.45) is 17.6 Å². The molecule has 30 heavy (non-hydrogen) atoms. The van der Waals surface area contributed by atoms with E-state index < -0.39 is 70.4 Å². The Kier molecular flexibility index (Phi) is 4.30. The molecular weight excluding hydrogens is 394 g/mol. The van der Waals surface area contributed by atoms with Crippen LogP contribution in [0.2, 0.25) is 0 Å². The SMILES string of the molecule is CO[C@]12C(=O)C3=C(O)c4c(O)cccc4[C@H](C)[C@H]3[C@H](O)[C@H]1CC(=O)C(C(N)=O)=C2O. The molecule has 3 aliphatic carbocycles. The number of phenols is 1. The molecule has 3 aliphatic rings. The number of benzene rings is 1. The van der Waals surface area contributed by atoms with E-state index in [1.165, 1.54) is 6.07 Å². The van der Waals surface area contributed by atoms with E-state index in [-0.39, 0.29) is 16.9 Å². The number of ether oxygens (including phenoxy) is 1. The number of aromatic hydroxyl groups is 1. The van der Waals surface area contributed by atoms with E-state index in [1.54, 1.807) is 19.1 Å². The molecule has 6 N–H and O–H groups in total. The Bertz CT molecular complexity index is 1070. The van der Waals surface area contributed by atoms with E-state index in [0.29, 0.717) is 5.56 Å². The van der Waals surface area contributed by atoms with E-state index in [1.807, 2.05) is 0 Å². The first kappa shape index (κ1) is 20.1. The van der Waals surface area contributed by atoms with Crippen molar-refractivity contribution in [2.75, 3.05) is 7.11 Å². The second-order valence-corrected chi connectivity index (χ2v) is 7.90. The smallest absolute Gasteiger partial charge is 0.255 e. The van der Waals surface area contributed by atoms with Gasteiger partial charge in [-0.05, 0) is 17.5 Å². The first-order valence-electron chi connectivity index (χ1n) is 9.39. The van der Waals surface area contributed by atoms with Crippen molar-refractivity contribution >= 4 is 23.2 Å². The highest BCUT2D eigenvalue weighted by atomic mass is 16.5. The minimum absolute atomic E-state index is 0.0481. The number of rotatable bonds is 2. The maximum Gasteiger partial charge on any atom is 0.255 e. The normalized spacial score (nSPS) is 33.2. The number of amides is 1. The van der Waals surface area contributed by atoms with Crippen molar-refractivity contribution in [3.05, 3.63) is 46.2 Å². The molecule has 1 amide bonds. The summed E-state index contributed by atoms with van der Waals surface area (Å²) in [4.78, 5) is 37.9. The van der Waals surface area contributed by atoms with Gasteiger partial charge in [0.05, 0.1) is 11.7 Å². The summed E-state index contributed by atoms with van der Waals surface area (Å²) >= 11 is 0. The number of Topliss-reactive ketones (excluding diaryl/α,β-unsaturated/α-hetero) is 2. The average Bonchev–Trinajstić information content (AvgIpc) is 2.68. The average molecular weight is 415 g/mol.